The summed E-state index contributed by atoms with van der Waals surface area (Å²) < 4.78 is 15.6. The zero-order valence-corrected chi connectivity index (χ0v) is 11.8. The average Bonchev–Trinajstić information content (AvgIpc) is 2.55. The van der Waals surface area contributed by atoms with E-state index in [0.29, 0.717) is 31.1 Å². The second-order valence-electron chi connectivity index (χ2n) is 4.24. The molecule has 1 aromatic heterocycles. The number of para-hydroxylation sites is 1. The van der Waals surface area contributed by atoms with Crippen molar-refractivity contribution in [1.82, 2.24) is 4.98 Å². The van der Waals surface area contributed by atoms with Crippen molar-refractivity contribution in [3.63, 3.8) is 0 Å². The van der Waals surface area contributed by atoms with Gasteiger partial charge in [-0.2, -0.15) is 0 Å². The lowest BCUT2D eigenvalue weighted by molar-refractivity contribution is 0.0485. The fourth-order valence-corrected chi connectivity index (χ4v) is 1.64. The molecule has 2 rings (SSSR count). The number of esters is 1. The minimum atomic E-state index is -0.398. The SMILES string of the molecule is COc1ccc(C(=O)OCCCOc2ccccc2)cn1. The summed E-state index contributed by atoms with van der Waals surface area (Å²) in [6.45, 7) is 0.801. The number of carbonyl (C=O) groups excluding carboxylic acids is 1. The summed E-state index contributed by atoms with van der Waals surface area (Å²) in [4.78, 5) is 15.7. The van der Waals surface area contributed by atoms with E-state index < -0.39 is 5.97 Å². The lowest BCUT2D eigenvalue weighted by Crippen LogP contribution is -2.09. The van der Waals surface area contributed by atoms with E-state index in [1.807, 2.05) is 30.3 Å². The molecule has 0 radical (unpaired) electrons. The van der Waals surface area contributed by atoms with E-state index >= 15 is 0 Å². The largest absolute Gasteiger partial charge is 0.493 e. The van der Waals surface area contributed by atoms with Gasteiger partial charge < -0.3 is 14.2 Å². The van der Waals surface area contributed by atoms with Crippen molar-refractivity contribution in [1.29, 1.82) is 0 Å². The van der Waals surface area contributed by atoms with Gasteiger partial charge in [0, 0.05) is 18.7 Å². The first-order chi connectivity index (χ1) is 10.3. The first-order valence-electron chi connectivity index (χ1n) is 6.64. The Kier molecular flexibility index (Phi) is 5.58. The molecule has 21 heavy (non-hydrogen) atoms. The van der Waals surface area contributed by atoms with E-state index in [-0.39, 0.29) is 0 Å². The molecule has 0 amide bonds. The van der Waals surface area contributed by atoms with E-state index in [1.54, 1.807) is 12.1 Å². The first kappa shape index (κ1) is 14.8. The normalized spacial score (nSPS) is 9.95. The molecule has 0 aliphatic rings. The molecule has 0 saturated carbocycles. The van der Waals surface area contributed by atoms with Crippen LogP contribution in [-0.2, 0) is 4.74 Å². The van der Waals surface area contributed by atoms with Crippen LogP contribution in [0, 0.1) is 0 Å². The van der Waals surface area contributed by atoms with Crippen molar-refractivity contribution in [2.24, 2.45) is 0 Å². The fraction of sp³-hybridized carbons (Fsp3) is 0.250. The number of benzene rings is 1. The third-order valence-corrected chi connectivity index (χ3v) is 2.71. The van der Waals surface area contributed by atoms with Gasteiger partial charge in [-0.15, -0.1) is 0 Å². The van der Waals surface area contributed by atoms with Crippen molar-refractivity contribution in [3.8, 4) is 11.6 Å². The maximum Gasteiger partial charge on any atom is 0.339 e. The second kappa shape index (κ2) is 7.89. The van der Waals surface area contributed by atoms with Crippen LogP contribution >= 0.6 is 0 Å². The first-order valence-corrected chi connectivity index (χ1v) is 6.64. The van der Waals surface area contributed by atoms with Gasteiger partial charge in [-0.25, -0.2) is 9.78 Å². The topological polar surface area (TPSA) is 57.7 Å². The highest BCUT2D eigenvalue weighted by Gasteiger charge is 2.07. The lowest BCUT2D eigenvalue weighted by Gasteiger charge is -2.07. The van der Waals surface area contributed by atoms with E-state index in [2.05, 4.69) is 4.98 Å². The Morgan fingerprint density at radius 2 is 1.90 bits per heavy atom. The smallest absolute Gasteiger partial charge is 0.339 e. The molecule has 2 aromatic rings. The molecule has 110 valence electrons. The molecule has 0 fully saturated rings. The third kappa shape index (κ3) is 4.80. The third-order valence-electron chi connectivity index (χ3n) is 2.71. The molecule has 0 N–H and O–H groups in total. The van der Waals surface area contributed by atoms with Gasteiger partial charge in [0.25, 0.3) is 0 Å². The molecular formula is C16H17NO4. The molecule has 1 aromatic carbocycles. The van der Waals surface area contributed by atoms with Crippen molar-refractivity contribution in [3.05, 3.63) is 54.2 Å². The quantitative estimate of drug-likeness (QED) is 0.579. The fourth-order valence-electron chi connectivity index (χ4n) is 1.64. The van der Waals surface area contributed by atoms with Crippen LogP contribution in [-0.4, -0.2) is 31.3 Å². The highest BCUT2D eigenvalue weighted by atomic mass is 16.5. The van der Waals surface area contributed by atoms with Gasteiger partial charge in [-0.3, -0.25) is 0 Å². The van der Waals surface area contributed by atoms with Gasteiger partial charge in [-0.1, -0.05) is 18.2 Å². The number of methoxy groups -OCH3 is 1. The van der Waals surface area contributed by atoms with Crippen LogP contribution in [0.1, 0.15) is 16.8 Å². The van der Waals surface area contributed by atoms with Crippen LogP contribution in [0.15, 0.2) is 48.7 Å². The summed E-state index contributed by atoms with van der Waals surface area (Å²) in [5.74, 6) is 0.871. The van der Waals surface area contributed by atoms with E-state index in [0.717, 1.165) is 5.75 Å². The van der Waals surface area contributed by atoms with E-state index in [9.17, 15) is 4.79 Å². The Morgan fingerprint density at radius 3 is 2.57 bits per heavy atom. The Hall–Kier alpha value is -2.56. The number of carbonyl (C=O) groups is 1. The average molecular weight is 287 g/mol. The molecule has 0 unspecified atom stereocenters. The van der Waals surface area contributed by atoms with Crippen molar-refractivity contribution >= 4 is 5.97 Å². The number of aromatic nitrogens is 1. The maximum atomic E-state index is 11.7. The number of ether oxygens (including phenoxy) is 3. The molecule has 0 aliphatic carbocycles. The predicted octanol–water partition coefficient (Wildman–Crippen LogP) is 2.72. The Bertz CT molecular complexity index is 554. The Balaban J connectivity index is 1.67. The number of nitrogens with zero attached hydrogens (tertiary/aromatic N) is 1. The summed E-state index contributed by atoms with van der Waals surface area (Å²) in [5, 5.41) is 0. The molecular weight excluding hydrogens is 270 g/mol. The summed E-state index contributed by atoms with van der Waals surface area (Å²) in [6.07, 6.45) is 2.06. The van der Waals surface area contributed by atoms with E-state index in [1.165, 1.54) is 13.3 Å². The van der Waals surface area contributed by atoms with E-state index in [4.69, 9.17) is 14.2 Å². The second-order valence-corrected chi connectivity index (χ2v) is 4.24. The molecule has 0 spiro atoms. The number of hydrogen-bond donors (Lipinski definition) is 0. The number of rotatable bonds is 7. The summed E-state index contributed by atoms with van der Waals surface area (Å²) in [7, 11) is 1.52. The molecule has 0 bridgehead atoms. The minimum absolute atomic E-state index is 0.303. The molecule has 5 nitrogen and oxygen atoms in total. The predicted molar refractivity (Wildman–Crippen MR) is 77.6 cm³/mol. The molecule has 1 heterocycles. The summed E-state index contributed by atoms with van der Waals surface area (Å²) in [6, 6.07) is 12.8. The lowest BCUT2D eigenvalue weighted by atomic mass is 10.3. The van der Waals surface area contributed by atoms with Gasteiger partial charge in [0.1, 0.15) is 5.75 Å². The molecule has 0 atom stereocenters. The summed E-state index contributed by atoms with van der Waals surface area (Å²) >= 11 is 0. The molecule has 0 saturated heterocycles. The minimum Gasteiger partial charge on any atom is -0.493 e. The standard InChI is InChI=1S/C16H17NO4/c1-19-15-9-8-13(12-17-15)16(18)21-11-5-10-20-14-6-3-2-4-7-14/h2-4,6-9,12H,5,10-11H2,1H3. The molecule has 0 aliphatic heterocycles. The highest BCUT2D eigenvalue weighted by Crippen LogP contribution is 2.09. The zero-order chi connectivity index (χ0) is 14.9. The zero-order valence-electron chi connectivity index (χ0n) is 11.8. The van der Waals surface area contributed by atoms with Crippen LogP contribution in [0.4, 0.5) is 0 Å². The Labute approximate surface area is 123 Å². The van der Waals surface area contributed by atoms with Gasteiger partial charge >= 0.3 is 5.97 Å². The molecule has 5 heteroatoms. The maximum absolute atomic E-state index is 11.7. The van der Waals surface area contributed by atoms with Crippen LogP contribution in [0.25, 0.3) is 0 Å². The Morgan fingerprint density at radius 1 is 1.10 bits per heavy atom. The highest BCUT2D eigenvalue weighted by molar-refractivity contribution is 5.89. The van der Waals surface area contributed by atoms with Gasteiger partial charge in [0.15, 0.2) is 0 Å². The number of pyridine rings is 1. The van der Waals surface area contributed by atoms with Crippen molar-refractivity contribution < 1.29 is 19.0 Å². The van der Waals surface area contributed by atoms with Crippen LogP contribution in [0.5, 0.6) is 11.6 Å². The summed E-state index contributed by atoms with van der Waals surface area (Å²) in [5.41, 5.74) is 0.403. The van der Waals surface area contributed by atoms with Crippen molar-refractivity contribution in [2.45, 2.75) is 6.42 Å². The van der Waals surface area contributed by atoms with Gasteiger partial charge in [0.2, 0.25) is 5.88 Å². The van der Waals surface area contributed by atoms with Crippen LogP contribution in [0.2, 0.25) is 0 Å². The van der Waals surface area contributed by atoms with Gasteiger partial charge in [-0.05, 0) is 18.2 Å². The number of hydrogen-bond acceptors (Lipinski definition) is 5. The van der Waals surface area contributed by atoms with Crippen molar-refractivity contribution in [2.75, 3.05) is 20.3 Å². The van der Waals surface area contributed by atoms with Crippen LogP contribution in [0.3, 0.4) is 0 Å². The van der Waals surface area contributed by atoms with Gasteiger partial charge in [0.05, 0.1) is 25.9 Å². The monoisotopic (exact) mass is 287 g/mol. The van der Waals surface area contributed by atoms with Crippen LogP contribution < -0.4 is 9.47 Å².